The van der Waals surface area contributed by atoms with Crippen molar-refractivity contribution in [1.29, 1.82) is 0 Å². The van der Waals surface area contributed by atoms with Crippen molar-refractivity contribution in [3.05, 3.63) is 52.6 Å². The average Bonchev–Trinajstić information content (AvgIpc) is 3.81. The summed E-state index contributed by atoms with van der Waals surface area (Å²) in [6.07, 6.45) is 8.53. The largest absolute Gasteiger partial charge is 0.480 e. The molecular weight excluding hydrogens is 516 g/mol. The standard InChI is InChI=1S/C27H32N8O3S/c1-5-7-16(3)35-25-20(14-30-23(34-25)21-22(17-8-9-17)31-15-32-26(21)38-4)33-24(27(35)36)29-12-18-10-11-19(13-28-18)39(37)6-2/h10-11,13-17H,5-9,12H2,1-4H3,(H,29,33)/t16-,39?/m1/s1. The Bertz CT molecular complexity index is 1570. The lowest BCUT2D eigenvalue weighted by Gasteiger charge is -2.19. The average molecular weight is 549 g/mol. The Hall–Kier alpha value is -3.80. The Kier molecular flexibility index (Phi) is 7.92. The maximum absolute atomic E-state index is 13.7. The fraction of sp³-hybridized carbons (Fsp3) is 0.444. The minimum absolute atomic E-state index is 0.116. The molecule has 0 amide bonds. The number of pyridine rings is 1. The van der Waals surface area contributed by atoms with Gasteiger partial charge in [-0.25, -0.2) is 24.9 Å². The number of nitrogens with one attached hydrogen (secondary N) is 1. The number of methoxy groups -OCH3 is 1. The normalized spacial score (nSPS) is 14.8. The van der Waals surface area contributed by atoms with E-state index >= 15 is 0 Å². The van der Waals surface area contributed by atoms with Crippen LogP contribution >= 0.6 is 0 Å². The molecule has 1 N–H and O–H groups in total. The second-order valence-corrected chi connectivity index (χ2v) is 11.3. The molecule has 1 fully saturated rings. The van der Waals surface area contributed by atoms with Crippen LogP contribution in [0.1, 0.15) is 69.8 Å². The van der Waals surface area contributed by atoms with Crippen molar-refractivity contribution in [1.82, 2.24) is 34.5 Å². The molecule has 4 aromatic heterocycles. The Morgan fingerprint density at radius 1 is 1.13 bits per heavy atom. The maximum atomic E-state index is 13.7. The van der Waals surface area contributed by atoms with Crippen LogP contribution in [0.4, 0.5) is 5.82 Å². The third-order valence-electron chi connectivity index (χ3n) is 6.76. The Labute approximate surface area is 229 Å². The maximum Gasteiger partial charge on any atom is 0.295 e. The molecule has 0 radical (unpaired) electrons. The monoisotopic (exact) mass is 548 g/mol. The van der Waals surface area contributed by atoms with Crippen molar-refractivity contribution in [2.75, 3.05) is 18.2 Å². The van der Waals surface area contributed by atoms with E-state index in [2.05, 4.69) is 37.2 Å². The smallest absolute Gasteiger partial charge is 0.295 e. The van der Waals surface area contributed by atoms with E-state index in [1.165, 1.54) is 6.33 Å². The van der Waals surface area contributed by atoms with Gasteiger partial charge in [-0.05, 0) is 38.3 Å². The van der Waals surface area contributed by atoms with Crippen molar-refractivity contribution in [2.45, 2.75) is 69.9 Å². The van der Waals surface area contributed by atoms with Crippen molar-refractivity contribution in [3.8, 4) is 17.3 Å². The van der Waals surface area contributed by atoms with Crippen LogP contribution in [-0.2, 0) is 17.3 Å². The number of anilines is 1. The predicted octanol–water partition coefficient (Wildman–Crippen LogP) is 4.03. The van der Waals surface area contributed by atoms with Crippen LogP contribution in [0, 0.1) is 0 Å². The molecule has 5 rings (SSSR count). The van der Waals surface area contributed by atoms with E-state index < -0.39 is 10.8 Å². The van der Waals surface area contributed by atoms with Gasteiger partial charge in [0.1, 0.15) is 17.4 Å². The van der Waals surface area contributed by atoms with Crippen LogP contribution in [0.5, 0.6) is 5.88 Å². The first-order valence-electron chi connectivity index (χ1n) is 13.2. The van der Waals surface area contributed by atoms with Crippen LogP contribution in [0.15, 0.2) is 40.5 Å². The number of rotatable bonds is 11. The first-order chi connectivity index (χ1) is 18.9. The van der Waals surface area contributed by atoms with Crippen LogP contribution in [0.25, 0.3) is 22.6 Å². The molecule has 11 nitrogen and oxygen atoms in total. The van der Waals surface area contributed by atoms with Gasteiger partial charge in [-0.3, -0.25) is 18.6 Å². The zero-order valence-electron chi connectivity index (χ0n) is 22.5. The first-order valence-corrected chi connectivity index (χ1v) is 14.5. The highest BCUT2D eigenvalue weighted by molar-refractivity contribution is 7.85. The summed E-state index contributed by atoms with van der Waals surface area (Å²) < 4.78 is 19.2. The number of hydrogen-bond acceptors (Lipinski definition) is 10. The third-order valence-corrected chi connectivity index (χ3v) is 8.05. The van der Waals surface area contributed by atoms with E-state index in [4.69, 9.17) is 9.72 Å². The van der Waals surface area contributed by atoms with E-state index in [0.717, 1.165) is 31.4 Å². The molecule has 2 atom stereocenters. The highest BCUT2D eigenvalue weighted by Gasteiger charge is 2.31. The predicted molar refractivity (Wildman–Crippen MR) is 149 cm³/mol. The Morgan fingerprint density at radius 2 is 1.95 bits per heavy atom. The Balaban J connectivity index is 1.55. The summed E-state index contributed by atoms with van der Waals surface area (Å²) in [5, 5.41) is 3.14. The lowest BCUT2D eigenvalue weighted by Crippen LogP contribution is -2.28. The van der Waals surface area contributed by atoms with Gasteiger partial charge in [0.2, 0.25) is 5.88 Å². The first kappa shape index (κ1) is 26.8. The second-order valence-electron chi connectivity index (χ2n) is 9.57. The van der Waals surface area contributed by atoms with Crippen LogP contribution < -0.4 is 15.6 Å². The molecule has 39 heavy (non-hydrogen) atoms. The third kappa shape index (κ3) is 5.51. The topological polar surface area (TPSA) is 138 Å². The molecule has 204 valence electrons. The summed E-state index contributed by atoms with van der Waals surface area (Å²) in [5.74, 6) is 1.88. The minimum atomic E-state index is -1.07. The summed E-state index contributed by atoms with van der Waals surface area (Å²) in [4.78, 5) is 41.6. The number of nitrogens with zero attached hydrogens (tertiary/aromatic N) is 7. The van der Waals surface area contributed by atoms with E-state index in [1.807, 2.05) is 13.8 Å². The van der Waals surface area contributed by atoms with Gasteiger partial charge in [-0.1, -0.05) is 20.3 Å². The van der Waals surface area contributed by atoms with Gasteiger partial charge in [-0.15, -0.1) is 0 Å². The molecule has 0 bridgehead atoms. The fourth-order valence-electron chi connectivity index (χ4n) is 4.60. The summed E-state index contributed by atoms with van der Waals surface area (Å²) in [7, 11) is 0.498. The molecule has 0 aromatic carbocycles. The van der Waals surface area contributed by atoms with Crippen molar-refractivity contribution in [2.24, 2.45) is 0 Å². The summed E-state index contributed by atoms with van der Waals surface area (Å²) >= 11 is 0. The highest BCUT2D eigenvalue weighted by atomic mass is 32.2. The summed E-state index contributed by atoms with van der Waals surface area (Å²) in [6, 6.07) is 3.48. The van der Waals surface area contributed by atoms with Crippen molar-refractivity contribution >= 4 is 27.8 Å². The summed E-state index contributed by atoms with van der Waals surface area (Å²) in [5.41, 5.74) is 2.91. The van der Waals surface area contributed by atoms with E-state index in [1.54, 1.807) is 36.2 Å². The van der Waals surface area contributed by atoms with Crippen LogP contribution in [-0.4, -0.2) is 51.5 Å². The molecule has 4 aromatic rings. The highest BCUT2D eigenvalue weighted by Crippen LogP contribution is 2.44. The molecular formula is C27H32N8O3S. The lowest BCUT2D eigenvalue weighted by atomic mass is 10.1. The van der Waals surface area contributed by atoms with Gasteiger partial charge in [0.15, 0.2) is 17.3 Å². The Morgan fingerprint density at radius 3 is 2.62 bits per heavy atom. The molecule has 4 heterocycles. The molecule has 0 saturated heterocycles. The number of ether oxygens (including phenoxy) is 1. The van der Waals surface area contributed by atoms with Crippen molar-refractivity contribution < 1.29 is 8.95 Å². The second kappa shape index (κ2) is 11.5. The zero-order valence-corrected chi connectivity index (χ0v) is 23.4. The van der Waals surface area contributed by atoms with Gasteiger partial charge in [0.05, 0.1) is 46.9 Å². The lowest BCUT2D eigenvalue weighted by molar-refractivity contribution is 0.397. The summed E-state index contributed by atoms with van der Waals surface area (Å²) in [6.45, 7) is 6.24. The molecule has 1 aliphatic carbocycles. The molecule has 0 spiro atoms. The fourth-order valence-corrected chi connectivity index (χ4v) is 5.32. The minimum Gasteiger partial charge on any atom is -0.480 e. The van der Waals surface area contributed by atoms with E-state index in [0.29, 0.717) is 50.7 Å². The van der Waals surface area contributed by atoms with E-state index in [9.17, 15) is 9.00 Å². The van der Waals surface area contributed by atoms with Crippen LogP contribution in [0.2, 0.25) is 0 Å². The van der Waals surface area contributed by atoms with E-state index in [-0.39, 0.29) is 24.0 Å². The number of hydrogen-bond donors (Lipinski definition) is 1. The molecule has 1 unspecified atom stereocenters. The quantitative estimate of drug-likeness (QED) is 0.292. The number of aromatic nitrogens is 7. The van der Waals surface area contributed by atoms with Gasteiger partial charge < -0.3 is 10.1 Å². The van der Waals surface area contributed by atoms with Gasteiger partial charge in [-0.2, -0.15) is 0 Å². The molecule has 12 heteroatoms. The zero-order chi connectivity index (χ0) is 27.5. The van der Waals surface area contributed by atoms with Gasteiger partial charge >= 0.3 is 0 Å². The van der Waals surface area contributed by atoms with Crippen LogP contribution in [0.3, 0.4) is 0 Å². The van der Waals surface area contributed by atoms with Gasteiger partial charge in [0.25, 0.3) is 5.56 Å². The molecule has 1 aliphatic rings. The molecule has 0 aliphatic heterocycles. The van der Waals surface area contributed by atoms with Gasteiger partial charge in [0, 0.05) is 23.9 Å². The number of fused-ring (bicyclic) bond motifs is 1. The SMILES string of the molecule is CCC[C@@H](C)n1c(=O)c(NCc2ccc(S(=O)CC)cn2)nc2cnc(-c3c(OC)ncnc3C3CC3)nc21. The molecule has 1 saturated carbocycles. The van der Waals surface area contributed by atoms with Crippen molar-refractivity contribution in [3.63, 3.8) is 0 Å².